The summed E-state index contributed by atoms with van der Waals surface area (Å²) in [5.41, 5.74) is 2.09. The first-order valence-electron chi connectivity index (χ1n) is 6.10. The number of carbonyl (C=O) groups is 1. The van der Waals surface area contributed by atoms with Crippen molar-refractivity contribution in [2.45, 2.75) is 32.7 Å². The van der Waals surface area contributed by atoms with E-state index in [2.05, 4.69) is 25.2 Å². The van der Waals surface area contributed by atoms with E-state index in [1.165, 1.54) is 5.56 Å². The second kappa shape index (κ2) is 4.49. The van der Waals surface area contributed by atoms with Crippen molar-refractivity contribution in [3.8, 4) is 0 Å². The van der Waals surface area contributed by atoms with Crippen molar-refractivity contribution >= 4 is 11.6 Å². The number of hydrogen-bond donors (Lipinski definition) is 1. The van der Waals surface area contributed by atoms with Crippen LogP contribution in [-0.2, 0) is 4.79 Å². The highest BCUT2D eigenvalue weighted by Gasteiger charge is 2.28. The Kier molecular flexibility index (Phi) is 3.20. The monoisotopic (exact) mass is 232 g/mol. The summed E-state index contributed by atoms with van der Waals surface area (Å²) in [5.74, 6) is 0.200. The van der Waals surface area contributed by atoms with Gasteiger partial charge in [-0.3, -0.25) is 4.79 Å². The molecule has 0 aromatic heterocycles. The Bertz CT molecular complexity index is 426. The molecule has 0 unspecified atom stereocenters. The van der Waals surface area contributed by atoms with E-state index in [1.807, 2.05) is 30.0 Å². The van der Waals surface area contributed by atoms with E-state index >= 15 is 0 Å². The summed E-state index contributed by atoms with van der Waals surface area (Å²) in [7, 11) is 0. The molecule has 3 heteroatoms. The quantitative estimate of drug-likeness (QED) is 0.804. The van der Waals surface area contributed by atoms with E-state index in [9.17, 15) is 4.79 Å². The molecule has 1 aromatic rings. The van der Waals surface area contributed by atoms with E-state index in [-0.39, 0.29) is 11.4 Å². The number of rotatable bonds is 1. The Balaban J connectivity index is 2.24. The first-order valence-corrected chi connectivity index (χ1v) is 6.10. The second-order valence-corrected chi connectivity index (χ2v) is 5.37. The maximum Gasteiger partial charge on any atom is 0.228 e. The van der Waals surface area contributed by atoms with Crippen molar-refractivity contribution < 1.29 is 4.79 Å². The van der Waals surface area contributed by atoms with Gasteiger partial charge in [-0.25, -0.2) is 0 Å². The number of amides is 1. The van der Waals surface area contributed by atoms with Gasteiger partial charge in [-0.05, 0) is 38.5 Å². The minimum Gasteiger partial charge on any atom is -0.311 e. The lowest BCUT2D eigenvalue weighted by atomic mass is 10.0. The third kappa shape index (κ3) is 2.86. The molecule has 1 aliphatic heterocycles. The molecule has 1 heterocycles. The molecule has 1 aromatic carbocycles. The summed E-state index contributed by atoms with van der Waals surface area (Å²) in [5, 5.41) is 3.40. The number of benzene rings is 1. The predicted molar refractivity (Wildman–Crippen MR) is 70.2 cm³/mol. The van der Waals surface area contributed by atoms with Gasteiger partial charge in [-0.15, -0.1) is 0 Å². The minimum atomic E-state index is -0.102. The van der Waals surface area contributed by atoms with Gasteiger partial charge in [0, 0.05) is 30.7 Å². The zero-order valence-corrected chi connectivity index (χ0v) is 10.8. The van der Waals surface area contributed by atoms with Crippen LogP contribution in [0, 0.1) is 6.92 Å². The number of aryl methyl sites for hydroxylation is 1. The molecule has 0 saturated carbocycles. The third-order valence-electron chi connectivity index (χ3n) is 3.15. The number of nitrogens with one attached hydrogen (secondary N) is 1. The van der Waals surface area contributed by atoms with Crippen LogP contribution in [0.4, 0.5) is 5.69 Å². The maximum atomic E-state index is 12.2. The Morgan fingerprint density at radius 1 is 1.35 bits per heavy atom. The molecule has 0 radical (unpaired) electrons. The lowest BCUT2D eigenvalue weighted by Gasteiger charge is -2.23. The molecule has 0 atom stereocenters. The average molecular weight is 232 g/mol. The van der Waals surface area contributed by atoms with Gasteiger partial charge >= 0.3 is 0 Å². The van der Waals surface area contributed by atoms with Gasteiger partial charge in [0.05, 0.1) is 0 Å². The lowest BCUT2D eigenvalue weighted by molar-refractivity contribution is -0.119. The molecule has 1 saturated heterocycles. The van der Waals surface area contributed by atoms with Crippen LogP contribution in [0.25, 0.3) is 0 Å². The van der Waals surface area contributed by atoms with Crippen molar-refractivity contribution in [1.82, 2.24) is 5.32 Å². The van der Waals surface area contributed by atoms with Gasteiger partial charge in [0.1, 0.15) is 0 Å². The summed E-state index contributed by atoms with van der Waals surface area (Å²) in [6, 6.07) is 8.12. The highest BCUT2D eigenvalue weighted by atomic mass is 16.2. The molecule has 3 nitrogen and oxygen atoms in total. The maximum absolute atomic E-state index is 12.2. The summed E-state index contributed by atoms with van der Waals surface area (Å²) >= 11 is 0. The first kappa shape index (κ1) is 12.1. The first-order chi connectivity index (χ1) is 7.98. The van der Waals surface area contributed by atoms with Crippen molar-refractivity contribution in [1.29, 1.82) is 0 Å². The number of hydrogen-bond acceptors (Lipinski definition) is 2. The standard InChI is InChI=1S/C14H20N2O/c1-11-5-4-6-12(9-11)16-8-7-15-14(2,3)10-13(16)17/h4-6,9,15H,7-8,10H2,1-3H3. The Morgan fingerprint density at radius 3 is 2.82 bits per heavy atom. The molecule has 2 rings (SSSR count). The zero-order chi connectivity index (χ0) is 12.5. The van der Waals surface area contributed by atoms with Gasteiger partial charge in [0.15, 0.2) is 0 Å². The van der Waals surface area contributed by atoms with E-state index < -0.39 is 0 Å². The van der Waals surface area contributed by atoms with E-state index in [1.54, 1.807) is 0 Å². The predicted octanol–water partition coefficient (Wildman–Crippen LogP) is 2.10. The van der Waals surface area contributed by atoms with Crippen molar-refractivity contribution in [2.75, 3.05) is 18.0 Å². The summed E-state index contributed by atoms with van der Waals surface area (Å²) in [6.45, 7) is 7.78. The van der Waals surface area contributed by atoms with Crippen molar-refractivity contribution in [3.05, 3.63) is 29.8 Å². The number of anilines is 1. The van der Waals surface area contributed by atoms with Crippen molar-refractivity contribution in [3.63, 3.8) is 0 Å². The van der Waals surface area contributed by atoms with E-state index in [4.69, 9.17) is 0 Å². The molecule has 17 heavy (non-hydrogen) atoms. The van der Waals surface area contributed by atoms with Crippen LogP contribution in [0.1, 0.15) is 25.8 Å². The number of nitrogens with zero attached hydrogens (tertiary/aromatic N) is 1. The topological polar surface area (TPSA) is 32.3 Å². The Hall–Kier alpha value is -1.35. The molecular weight excluding hydrogens is 212 g/mol. The fourth-order valence-corrected chi connectivity index (χ4v) is 2.24. The summed E-state index contributed by atoms with van der Waals surface area (Å²) in [6.07, 6.45) is 0.543. The summed E-state index contributed by atoms with van der Waals surface area (Å²) < 4.78 is 0. The van der Waals surface area contributed by atoms with Crippen LogP contribution in [0.15, 0.2) is 24.3 Å². The van der Waals surface area contributed by atoms with Gasteiger partial charge in [0.2, 0.25) is 5.91 Å². The van der Waals surface area contributed by atoms with Gasteiger partial charge < -0.3 is 10.2 Å². The largest absolute Gasteiger partial charge is 0.311 e. The van der Waals surface area contributed by atoms with E-state index in [0.717, 1.165) is 18.8 Å². The fraction of sp³-hybridized carbons (Fsp3) is 0.500. The van der Waals surface area contributed by atoms with Crippen LogP contribution in [0.5, 0.6) is 0 Å². The molecule has 1 aliphatic rings. The van der Waals surface area contributed by atoms with Crippen LogP contribution in [0.2, 0.25) is 0 Å². The number of carbonyl (C=O) groups excluding carboxylic acids is 1. The zero-order valence-electron chi connectivity index (χ0n) is 10.8. The third-order valence-corrected chi connectivity index (χ3v) is 3.15. The molecule has 1 amide bonds. The molecular formula is C14H20N2O. The normalized spacial score (nSPS) is 20.2. The molecule has 0 spiro atoms. The SMILES string of the molecule is Cc1cccc(N2CCNC(C)(C)CC2=O)c1. The van der Waals surface area contributed by atoms with Crippen LogP contribution in [-0.4, -0.2) is 24.5 Å². The molecule has 1 fully saturated rings. The molecule has 1 N–H and O–H groups in total. The smallest absolute Gasteiger partial charge is 0.228 e. The van der Waals surface area contributed by atoms with E-state index in [0.29, 0.717) is 6.42 Å². The molecule has 92 valence electrons. The highest BCUT2D eigenvalue weighted by molar-refractivity contribution is 5.94. The van der Waals surface area contributed by atoms with Gasteiger partial charge in [-0.1, -0.05) is 12.1 Å². The average Bonchev–Trinajstić information content (AvgIpc) is 2.35. The molecule has 0 bridgehead atoms. The highest BCUT2D eigenvalue weighted by Crippen LogP contribution is 2.21. The van der Waals surface area contributed by atoms with Crippen LogP contribution < -0.4 is 10.2 Å². The van der Waals surface area contributed by atoms with Crippen LogP contribution >= 0.6 is 0 Å². The van der Waals surface area contributed by atoms with Gasteiger partial charge in [0.25, 0.3) is 0 Å². The second-order valence-electron chi connectivity index (χ2n) is 5.37. The van der Waals surface area contributed by atoms with Crippen molar-refractivity contribution in [2.24, 2.45) is 0 Å². The lowest BCUT2D eigenvalue weighted by Crippen LogP contribution is -2.39. The minimum absolute atomic E-state index is 0.102. The molecule has 0 aliphatic carbocycles. The van der Waals surface area contributed by atoms with Gasteiger partial charge in [-0.2, -0.15) is 0 Å². The van der Waals surface area contributed by atoms with Crippen LogP contribution in [0.3, 0.4) is 0 Å². The Labute approximate surface area is 103 Å². The Morgan fingerprint density at radius 2 is 2.12 bits per heavy atom. The fourth-order valence-electron chi connectivity index (χ4n) is 2.24. The summed E-state index contributed by atoms with van der Waals surface area (Å²) in [4.78, 5) is 14.1.